The first-order valence-electron chi connectivity index (χ1n) is 10.2. The molecule has 0 bridgehead atoms. The van der Waals surface area contributed by atoms with Crippen molar-refractivity contribution in [3.8, 4) is 0 Å². The quantitative estimate of drug-likeness (QED) is 0.313. The molecule has 29 heavy (non-hydrogen) atoms. The molecule has 0 amide bonds. The number of anilines is 1. The topological polar surface area (TPSA) is 12.0 Å². The molecule has 0 unspecified atom stereocenters. The van der Waals surface area contributed by atoms with Crippen molar-refractivity contribution in [1.82, 2.24) is 0 Å². The number of nitrogens with one attached hydrogen (secondary N) is 1. The van der Waals surface area contributed by atoms with Crippen LogP contribution in [0.4, 0.5) is 5.69 Å². The fourth-order valence-corrected chi connectivity index (χ4v) is 6.03. The predicted octanol–water partition coefficient (Wildman–Crippen LogP) is 7.88. The molecule has 0 saturated carbocycles. The Balaban J connectivity index is 1.47. The van der Waals surface area contributed by atoms with Crippen LogP contribution in [0.5, 0.6) is 0 Å². The van der Waals surface area contributed by atoms with Gasteiger partial charge in [0.25, 0.3) is 0 Å². The summed E-state index contributed by atoms with van der Waals surface area (Å²) in [5.41, 5.74) is 6.93. The van der Waals surface area contributed by atoms with Crippen LogP contribution < -0.4 is 5.32 Å². The van der Waals surface area contributed by atoms with E-state index in [1.165, 1.54) is 32.8 Å². The van der Waals surface area contributed by atoms with E-state index < -0.39 is 0 Å². The molecule has 1 heterocycles. The van der Waals surface area contributed by atoms with E-state index in [-0.39, 0.29) is 0 Å². The second-order valence-electron chi connectivity index (χ2n) is 8.01. The van der Waals surface area contributed by atoms with Gasteiger partial charge in [0, 0.05) is 26.7 Å². The van der Waals surface area contributed by atoms with Gasteiger partial charge in [-0.05, 0) is 65.8 Å². The number of halogens is 1. The number of benzene rings is 3. The summed E-state index contributed by atoms with van der Waals surface area (Å²) in [5, 5.41) is 3.91. The van der Waals surface area contributed by atoms with E-state index in [9.17, 15) is 0 Å². The molecule has 3 atom stereocenters. The Hall–Kier alpha value is -1.97. The molecule has 3 aromatic carbocycles. The van der Waals surface area contributed by atoms with Gasteiger partial charge in [0.2, 0.25) is 0 Å². The van der Waals surface area contributed by atoms with Gasteiger partial charge in [-0.2, -0.15) is 0 Å². The second kappa shape index (κ2) is 8.04. The molecule has 3 heteroatoms. The summed E-state index contributed by atoms with van der Waals surface area (Å²) in [4.78, 5) is 1.33. The lowest BCUT2D eigenvalue weighted by molar-refractivity contribution is 0.425. The van der Waals surface area contributed by atoms with Gasteiger partial charge in [-0.1, -0.05) is 70.5 Å². The lowest BCUT2D eigenvalue weighted by Gasteiger charge is -2.38. The first kappa shape index (κ1) is 19.0. The Kier molecular flexibility index (Phi) is 5.28. The Bertz CT molecular complexity index is 1060. The highest BCUT2D eigenvalue weighted by atomic mass is 79.9. The highest BCUT2D eigenvalue weighted by Gasteiger charge is 2.38. The number of allylic oxidation sites excluding steroid dienone is 2. The van der Waals surface area contributed by atoms with E-state index in [2.05, 4.69) is 107 Å². The van der Waals surface area contributed by atoms with Gasteiger partial charge in [-0.3, -0.25) is 0 Å². The van der Waals surface area contributed by atoms with Crippen molar-refractivity contribution in [1.29, 1.82) is 0 Å². The second-order valence-corrected chi connectivity index (χ2v) is 9.97. The zero-order valence-corrected chi connectivity index (χ0v) is 18.8. The molecule has 146 valence electrons. The fraction of sp³-hybridized carbons (Fsp3) is 0.231. The van der Waals surface area contributed by atoms with Gasteiger partial charge in [0.1, 0.15) is 0 Å². The van der Waals surface area contributed by atoms with Crippen LogP contribution in [0.3, 0.4) is 0 Å². The van der Waals surface area contributed by atoms with Crippen LogP contribution >= 0.6 is 27.7 Å². The number of thioether (sulfide) groups is 1. The minimum absolute atomic E-state index is 0.350. The number of hydrogen-bond donors (Lipinski definition) is 1. The first-order chi connectivity index (χ1) is 14.2. The molecule has 0 radical (unpaired) electrons. The number of aryl methyl sites for hydroxylation is 1. The maximum Gasteiger partial charge on any atom is 0.0554 e. The molecule has 0 fully saturated rings. The van der Waals surface area contributed by atoms with Crippen molar-refractivity contribution in [2.24, 2.45) is 5.92 Å². The van der Waals surface area contributed by atoms with Crippen molar-refractivity contribution >= 4 is 33.4 Å². The van der Waals surface area contributed by atoms with Crippen LogP contribution in [0.15, 0.2) is 88.3 Å². The van der Waals surface area contributed by atoms with Crippen LogP contribution in [0.1, 0.15) is 40.6 Å². The molecule has 0 saturated heterocycles. The van der Waals surface area contributed by atoms with Gasteiger partial charge in [-0.15, -0.1) is 11.8 Å². The third-order valence-corrected chi connectivity index (χ3v) is 7.66. The number of fused-ring (bicyclic) bond motifs is 3. The van der Waals surface area contributed by atoms with Gasteiger partial charge >= 0.3 is 0 Å². The van der Waals surface area contributed by atoms with Crippen LogP contribution in [0.25, 0.3) is 0 Å². The molecule has 1 nitrogen and oxygen atoms in total. The summed E-state index contributed by atoms with van der Waals surface area (Å²) in [6, 6.07) is 24.6. The lowest BCUT2D eigenvalue weighted by atomic mass is 9.76. The Morgan fingerprint density at radius 2 is 1.90 bits per heavy atom. The summed E-state index contributed by atoms with van der Waals surface area (Å²) in [6.07, 6.45) is 5.94. The van der Waals surface area contributed by atoms with Crippen LogP contribution in [-0.2, 0) is 5.75 Å². The maximum absolute atomic E-state index is 3.91. The minimum Gasteiger partial charge on any atom is -0.377 e. The summed E-state index contributed by atoms with van der Waals surface area (Å²) >= 11 is 5.56. The highest BCUT2D eigenvalue weighted by molar-refractivity contribution is 9.10. The highest BCUT2D eigenvalue weighted by Crippen LogP contribution is 2.51. The van der Waals surface area contributed by atoms with Crippen LogP contribution in [0, 0.1) is 12.8 Å². The SMILES string of the molecule is Cc1cc(CSc2ccccc2)cc2c1N[C@H](c1cccc(Br)c1)[C@@H]1CC=C[C@H]21. The van der Waals surface area contributed by atoms with E-state index in [1.54, 1.807) is 0 Å². The average molecular weight is 462 g/mol. The summed E-state index contributed by atoms with van der Waals surface area (Å²) < 4.78 is 1.15. The van der Waals surface area contributed by atoms with E-state index in [0.717, 1.165) is 16.6 Å². The average Bonchev–Trinajstić information content (AvgIpc) is 3.23. The molecule has 1 N–H and O–H groups in total. The van der Waals surface area contributed by atoms with Gasteiger partial charge in [-0.25, -0.2) is 0 Å². The smallest absolute Gasteiger partial charge is 0.0554 e. The Morgan fingerprint density at radius 3 is 2.72 bits per heavy atom. The van der Waals surface area contributed by atoms with Crippen LogP contribution in [-0.4, -0.2) is 0 Å². The molecule has 0 spiro atoms. The van der Waals surface area contributed by atoms with Crippen molar-refractivity contribution in [2.75, 3.05) is 5.32 Å². The largest absolute Gasteiger partial charge is 0.377 e. The fourth-order valence-electron chi connectivity index (χ4n) is 4.76. The summed E-state index contributed by atoms with van der Waals surface area (Å²) in [7, 11) is 0. The van der Waals surface area contributed by atoms with E-state index >= 15 is 0 Å². The van der Waals surface area contributed by atoms with Gasteiger partial charge < -0.3 is 5.32 Å². The summed E-state index contributed by atoms with van der Waals surface area (Å²) in [5.74, 6) is 2.08. The molecule has 3 aromatic rings. The van der Waals surface area contributed by atoms with Gasteiger partial charge in [0.05, 0.1) is 6.04 Å². The molecule has 2 aliphatic rings. The zero-order valence-electron chi connectivity index (χ0n) is 16.4. The van der Waals surface area contributed by atoms with E-state index in [0.29, 0.717) is 17.9 Å². The minimum atomic E-state index is 0.350. The molecular formula is C26H24BrNS. The standard InChI is InChI=1S/C26H24BrNS/c1-17-13-18(16-29-21-9-3-2-4-10-21)14-24-22-11-6-12-23(22)26(28-25(17)24)19-7-5-8-20(27)15-19/h2-11,13-15,22-23,26,28H,12,16H2,1H3/t22-,23+,26+/m0/s1. The number of hydrogen-bond acceptors (Lipinski definition) is 2. The normalized spacial score (nSPS) is 22.1. The Morgan fingerprint density at radius 1 is 1.03 bits per heavy atom. The van der Waals surface area contributed by atoms with Crippen molar-refractivity contribution in [3.05, 3.63) is 106 Å². The Labute approximate surface area is 185 Å². The van der Waals surface area contributed by atoms with E-state index in [4.69, 9.17) is 0 Å². The molecule has 1 aliphatic heterocycles. The summed E-state index contributed by atoms with van der Waals surface area (Å²) in [6.45, 7) is 2.25. The van der Waals surface area contributed by atoms with Crippen molar-refractivity contribution in [3.63, 3.8) is 0 Å². The monoisotopic (exact) mass is 461 g/mol. The molecular weight excluding hydrogens is 438 g/mol. The third kappa shape index (κ3) is 3.78. The molecule has 1 aliphatic carbocycles. The third-order valence-electron chi connectivity index (χ3n) is 6.08. The predicted molar refractivity (Wildman–Crippen MR) is 128 cm³/mol. The maximum atomic E-state index is 3.91. The van der Waals surface area contributed by atoms with E-state index in [1.807, 2.05) is 11.8 Å². The number of rotatable bonds is 4. The van der Waals surface area contributed by atoms with Crippen molar-refractivity contribution < 1.29 is 0 Å². The lowest BCUT2D eigenvalue weighted by Crippen LogP contribution is -2.29. The van der Waals surface area contributed by atoms with Crippen LogP contribution in [0.2, 0.25) is 0 Å². The first-order valence-corrected chi connectivity index (χ1v) is 12.0. The van der Waals surface area contributed by atoms with Gasteiger partial charge in [0.15, 0.2) is 0 Å². The molecule has 0 aromatic heterocycles. The molecule has 5 rings (SSSR count). The zero-order chi connectivity index (χ0) is 19.8. The van der Waals surface area contributed by atoms with Crippen molar-refractivity contribution in [2.45, 2.75) is 36.0 Å².